The summed E-state index contributed by atoms with van der Waals surface area (Å²) in [4.78, 5) is 25.2. The monoisotopic (exact) mass is 540 g/mol. The van der Waals surface area contributed by atoms with E-state index in [2.05, 4.69) is 13.5 Å². The second kappa shape index (κ2) is 10.2. The number of benzene rings is 1. The smallest absolute Gasteiger partial charge is 0.302 e. The number of hydrogen-bond donors (Lipinski definition) is 3. The maximum atomic E-state index is 12.8. The number of ether oxygens (including phenoxy) is 2. The van der Waals surface area contributed by atoms with Gasteiger partial charge in [-0.25, -0.2) is 0 Å². The second-order valence-corrected chi connectivity index (χ2v) is 12.8. The number of aliphatic hydroxyl groups is 3. The molecule has 214 valence electrons. The van der Waals surface area contributed by atoms with Crippen molar-refractivity contribution in [1.82, 2.24) is 0 Å². The van der Waals surface area contributed by atoms with E-state index in [9.17, 15) is 24.9 Å². The van der Waals surface area contributed by atoms with E-state index in [1.165, 1.54) is 13.8 Å². The minimum Gasteiger partial charge on any atom is -0.462 e. The lowest BCUT2D eigenvalue weighted by Crippen LogP contribution is -2.59. The van der Waals surface area contributed by atoms with Gasteiger partial charge in [0.1, 0.15) is 12.2 Å². The molecule has 0 bridgehead atoms. The largest absolute Gasteiger partial charge is 0.462 e. The van der Waals surface area contributed by atoms with Crippen LogP contribution >= 0.6 is 0 Å². The first kappa shape index (κ1) is 29.5. The molecular weight excluding hydrogens is 496 g/mol. The molecular formula is C32H44O7. The molecule has 0 aromatic heterocycles. The van der Waals surface area contributed by atoms with Gasteiger partial charge < -0.3 is 24.8 Å². The minimum absolute atomic E-state index is 0.131. The molecule has 0 aliphatic heterocycles. The fourth-order valence-electron chi connectivity index (χ4n) is 8.07. The van der Waals surface area contributed by atoms with Crippen LogP contribution in [-0.4, -0.2) is 57.3 Å². The lowest BCUT2D eigenvalue weighted by molar-refractivity contribution is -0.191. The van der Waals surface area contributed by atoms with Gasteiger partial charge in [0.15, 0.2) is 0 Å². The molecule has 2 saturated carbocycles. The molecule has 0 heterocycles. The van der Waals surface area contributed by atoms with Gasteiger partial charge in [-0.15, -0.1) is 0 Å². The van der Waals surface area contributed by atoms with Gasteiger partial charge >= 0.3 is 11.9 Å². The highest BCUT2D eigenvalue weighted by Gasteiger charge is 2.68. The van der Waals surface area contributed by atoms with Gasteiger partial charge in [0.2, 0.25) is 0 Å². The van der Waals surface area contributed by atoms with Crippen molar-refractivity contribution in [2.75, 3.05) is 0 Å². The predicted molar refractivity (Wildman–Crippen MR) is 147 cm³/mol. The van der Waals surface area contributed by atoms with Crippen LogP contribution in [0.2, 0.25) is 0 Å². The molecule has 3 N–H and O–H groups in total. The van der Waals surface area contributed by atoms with Crippen molar-refractivity contribution in [2.24, 2.45) is 22.7 Å². The molecule has 0 radical (unpaired) electrons. The quantitative estimate of drug-likeness (QED) is 0.373. The summed E-state index contributed by atoms with van der Waals surface area (Å²) in [5.74, 6) is -2.10. The summed E-state index contributed by atoms with van der Waals surface area (Å²) < 4.78 is 12.2. The van der Waals surface area contributed by atoms with Crippen molar-refractivity contribution in [3.63, 3.8) is 0 Å². The number of hydrogen-bond acceptors (Lipinski definition) is 7. The molecule has 3 aliphatic carbocycles. The molecule has 7 nitrogen and oxygen atoms in total. The number of carbonyl (C=O) groups excluding carboxylic acids is 2. The van der Waals surface area contributed by atoms with Crippen LogP contribution in [0, 0.1) is 22.7 Å². The van der Waals surface area contributed by atoms with Crippen molar-refractivity contribution in [3.05, 3.63) is 59.2 Å². The Hall–Kier alpha value is -2.48. The van der Waals surface area contributed by atoms with Crippen molar-refractivity contribution in [1.29, 1.82) is 0 Å². The Morgan fingerprint density at radius 1 is 1.05 bits per heavy atom. The first-order chi connectivity index (χ1) is 18.1. The zero-order valence-corrected chi connectivity index (χ0v) is 24.2. The SMILES string of the molecule is C=C1C2C[C@]3(C(C)(C)O)CC(O)C(C)=C3[C@@H]([C@@H](C)c3ccccc3)[C@H](OC(C)=O)[C@]2(C)[C@@H](OC(C)=O)C[C@@H]1O. The summed E-state index contributed by atoms with van der Waals surface area (Å²) in [6.45, 7) is 16.5. The van der Waals surface area contributed by atoms with Gasteiger partial charge in [0, 0.05) is 37.0 Å². The van der Waals surface area contributed by atoms with Gasteiger partial charge in [-0.1, -0.05) is 56.3 Å². The van der Waals surface area contributed by atoms with E-state index in [0.29, 0.717) is 12.0 Å². The molecule has 0 saturated heterocycles. The molecule has 1 aromatic carbocycles. The zero-order valence-electron chi connectivity index (χ0n) is 24.2. The van der Waals surface area contributed by atoms with Crippen LogP contribution in [0.5, 0.6) is 0 Å². The van der Waals surface area contributed by atoms with Crippen LogP contribution in [0.4, 0.5) is 0 Å². The zero-order chi connectivity index (χ0) is 29.1. The molecule has 1 aromatic rings. The van der Waals surface area contributed by atoms with Crippen LogP contribution in [0.1, 0.15) is 79.2 Å². The highest BCUT2D eigenvalue weighted by Crippen LogP contribution is 2.67. The van der Waals surface area contributed by atoms with E-state index in [1.807, 2.05) is 44.2 Å². The Bertz CT molecular complexity index is 1160. The number of rotatable bonds is 5. The number of carbonyl (C=O) groups is 2. The van der Waals surface area contributed by atoms with Gasteiger partial charge in [-0.05, 0) is 62.2 Å². The van der Waals surface area contributed by atoms with Crippen LogP contribution < -0.4 is 0 Å². The maximum absolute atomic E-state index is 12.8. The fraction of sp³-hybridized carbons (Fsp3) is 0.625. The van der Waals surface area contributed by atoms with Gasteiger partial charge in [-0.3, -0.25) is 9.59 Å². The van der Waals surface area contributed by atoms with E-state index in [0.717, 1.165) is 16.7 Å². The summed E-state index contributed by atoms with van der Waals surface area (Å²) >= 11 is 0. The van der Waals surface area contributed by atoms with E-state index in [-0.39, 0.29) is 18.8 Å². The normalized spacial score (nSPS) is 37.4. The number of esters is 2. The van der Waals surface area contributed by atoms with Gasteiger partial charge in [0.05, 0.1) is 17.8 Å². The van der Waals surface area contributed by atoms with Gasteiger partial charge in [0.25, 0.3) is 0 Å². The minimum atomic E-state index is -1.28. The predicted octanol–water partition coefficient (Wildman–Crippen LogP) is 4.46. The number of fused-ring (bicyclic) bond motifs is 2. The van der Waals surface area contributed by atoms with Crippen LogP contribution in [0.25, 0.3) is 0 Å². The molecule has 0 amide bonds. The highest BCUT2D eigenvalue weighted by atomic mass is 16.6. The second-order valence-electron chi connectivity index (χ2n) is 12.8. The Labute approximate surface area is 231 Å². The van der Waals surface area contributed by atoms with Crippen molar-refractivity contribution >= 4 is 11.9 Å². The lowest BCUT2D eigenvalue weighted by atomic mass is 9.55. The molecule has 9 atom stereocenters. The first-order valence-corrected chi connectivity index (χ1v) is 13.9. The summed E-state index contributed by atoms with van der Waals surface area (Å²) in [5, 5.41) is 34.4. The molecule has 7 heteroatoms. The number of aliphatic hydroxyl groups excluding tert-OH is 2. The first-order valence-electron chi connectivity index (χ1n) is 13.9. The summed E-state index contributed by atoms with van der Waals surface area (Å²) in [6.07, 6.45) is -2.53. The van der Waals surface area contributed by atoms with E-state index >= 15 is 0 Å². The van der Waals surface area contributed by atoms with Crippen LogP contribution in [0.15, 0.2) is 53.6 Å². The van der Waals surface area contributed by atoms with Gasteiger partial charge in [-0.2, -0.15) is 0 Å². The Morgan fingerprint density at radius 3 is 2.18 bits per heavy atom. The van der Waals surface area contributed by atoms with Crippen molar-refractivity contribution in [2.45, 2.75) is 104 Å². The summed E-state index contributed by atoms with van der Waals surface area (Å²) in [6, 6.07) is 9.92. The molecule has 4 rings (SSSR count). The third-order valence-corrected chi connectivity index (χ3v) is 10.2. The van der Waals surface area contributed by atoms with E-state index in [1.54, 1.807) is 13.8 Å². The molecule has 39 heavy (non-hydrogen) atoms. The fourth-order valence-corrected chi connectivity index (χ4v) is 8.07. The maximum Gasteiger partial charge on any atom is 0.302 e. The summed E-state index contributed by atoms with van der Waals surface area (Å²) in [5.41, 5.74) is 0.0685. The average molecular weight is 541 g/mol. The Kier molecular flexibility index (Phi) is 7.69. The average Bonchev–Trinajstić information content (AvgIpc) is 3.04. The topological polar surface area (TPSA) is 113 Å². The molecule has 0 spiro atoms. The molecule has 2 fully saturated rings. The van der Waals surface area contributed by atoms with Crippen molar-refractivity contribution < 1.29 is 34.4 Å². The third kappa shape index (κ3) is 4.66. The molecule has 3 aliphatic rings. The summed E-state index contributed by atoms with van der Waals surface area (Å²) in [7, 11) is 0. The van der Waals surface area contributed by atoms with Crippen LogP contribution in [0.3, 0.4) is 0 Å². The Balaban J connectivity index is 2.11. The van der Waals surface area contributed by atoms with E-state index in [4.69, 9.17) is 9.47 Å². The van der Waals surface area contributed by atoms with Crippen LogP contribution in [-0.2, 0) is 19.1 Å². The Morgan fingerprint density at radius 2 is 1.64 bits per heavy atom. The molecule has 2 unspecified atom stereocenters. The third-order valence-electron chi connectivity index (χ3n) is 10.2. The van der Waals surface area contributed by atoms with E-state index < -0.39 is 64.6 Å². The lowest BCUT2D eigenvalue weighted by Gasteiger charge is -2.53. The van der Waals surface area contributed by atoms with Crippen molar-refractivity contribution in [3.8, 4) is 0 Å². The highest BCUT2D eigenvalue weighted by molar-refractivity contribution is 5.67. The standard InChI is InChI=1S/C32H44O7/c1-17(22-12-10-9-11-13-22)27-28-19(3)25(36)16-32(28,30(6,7)37)15-23-18(2)24(35)14-26(38-20(4)33)31(23,8)29(27)39-21(5)34/h9-13,17,23-27,29,35-37H,2,14-16H2,1,3-8H3/t17-,23?,24-,25?,26-,27+,29-,31-,32-/m0/s1.